The zero-order valence-electron chi connectivity index (χ0n) is 10.3. The zero-order valence-corrected chi connectivity index (χ0v) is 10.3. The number of carbonyl (C=O) groups is 1. The second-order valence-corrected chi connectivity index (χ2v) is 4.30. The number of aliphatic hydroxyl groups is 1. The maximum atomic E-state index is 12.7. The van der Waals surface area contributed by atoms with Crippen LogP contribution < -0.4 is 0 Å². The van der Waals surface area contributed by atoms with Gasteiger partial charge >= 0.3 is 18.3 Å². The van der Waals surface area contributed by atoms with Crippen molar-refractivity contribution in [3.8, 4) is 0 Å². The van der Waals surface area contributed by atoms with Crippen LogP contribution in [0.25, 0.3) is 0 Å². The number of aliphatic carboxylic acids is 1. The highest BCUT2D eigenvalue weighted by atomic mass is 19.4. The van der Waals surface area contributed by atoms with Gasteiger partial charge in [-0.3, -0.25) is 4.79 Å². The van der Waals surface area contributed by atoms with E-state index in [1.165, 1.54) is 6.07 Å². The smallest absolute Gasteiger partial charge is 0.430 e. The fraction of sp³-hybridized carbons (Fsp3) is 0.417. The minimum atomic E-state index is -5.96. The number of carboxylic acid groups (broad SMARTS) is 1. The number of carboxylic acids is 1. The molecular formula is C12H10F6O3. The van der Waals surface area contributed by atoms with Gasteiger partial charge in [0.05, 0.1) is 0 Å². The first-order valence-electron chi connectivity index (χ1n) is 5.56. The van der Waals surface area contributed by atoms with Crippen molar-refractivity contribution in [1.29, 1.82) is 0 Å². The van der Waals surface area contributed by atoms with Crippen molar-refractivity contribution in [2.24, 2.45) is 0 Å². The van der Waals surface area contributed by atoms with Crippen LogP contribution in [0.15, 0.2) is 24.3 Å². The van der Waals surface area contributed by atoms with E-state index in [2.05, 4.69) is 0 Å². The fourth-order valence-corrected chi connectivity index (χ4v) is 1.69. The van der Waals surface area contributed by atoms with Gasteiger partial charge in [0.15, 0.2) is 0 Å². The van der Waals surface area contributed by atoms with Gasteiger partial charge in [-0.05, 0) is 12.0 Å². The number of aryl methyl sites for hydroxylation is 1. The summed E-state index contributed by atoms with van der Waals surface area (Å²) >= 11 is 0. The molecule has 0 aliphatic carbocycles. The van der Waals surface area contributed by atoms with Gasteiger partial charge < -0.3 is 10.2 Å². The Bertz CT molecular complexity index is 506. The average Bonchev–Trinajstić information content (AvgIpc) is 2.33. The predicted octanol–water partition coefficient (Wildman–Crippen LogP) is 3.02. The summed E-state index contributed by atoms with van der Waals surface area (Å²) in [6.07, 6.45) is -12.6. The van der Waals surface area contributed by atoms with Crippen LogP contribution in [0.3, 0.4) is 0 Å². The molecule has 0 radical (unpaired) electrons. The van der Waals surface area contributed by atoms with Crippen molar-refractivity contribution in [2.45, 2.75) is 30.8 Å². The number of halogens is 6. The minimum absolute atomic E-state index is 0.0539. The van der Waals surface area contributed by atoms with E-state index in [0.29, 0.717) is 12.1 Å². The van der Waals surface area contributed by atoms with Gasteiger partial charge in [-0.2, -0.15) is 26.3 Å². The van der Waals surface area contributed by atoms with Crippen molar-refractivity contribution in [1.82, 2.24) is 0 Å². The first kappa shape index (κ1) is 17.3. The van der Waals surface area contributed by atoms with Crippen molar-refractivity contribution >= 4 is 5.97 Å². The summed E-state index contributed by atoms with van der Waals surface area (Å²) in [6.45, 7) is 0. The molecule has 0 atom stereocenters. The quantitative estimate of drug-likeness (QED) is 0.840. The lowest BCUT2D eigenvalue weighted by molar-refractivity contribution is -0.376. The van der Waals surface area contributed by atoms with Crippen molar-refractivity contribution < 1.29 is 41.4 Å². The van der Waals surface area contributed by atoms with Crippen LogP contribution in [0.4, 0.5) is 26.3 Å². The minimum Gasteiger partial charge on any atom is -0.481 e. The summed E-state index contributed by atoms with van der Waals surface area (Å²) < 4.78 is 76.0. The molecule has 0 fully saturated rings. The van der Waals surface area contributed by atoms with Gasteiger partial charge in [-0.25, -0.2) is 0 Å². The molecule has 0 amide bonds. The van der Waals surface area contributed by atoms with E-state index >= 15 is 0 Å². The number of alkyl halides is 6. The molecule has 1 aromatic rings. The molecule has 21 heavy (non-hydrogen) atoms. The molecule has 0 aliphatic rings. The van der Waals surface area contributed by atoms with E-state index in [-0.39, 0.29) is 12.0 Å². The van der Waals surface area contributed by atoms with Gasteiger partial charge in [0.1, 0.15) is 0 Å². The van der Waals surface area contributed by atoms with Gasteiger partial charge in [0.25, 0.3) is 5.60 Å². The molecule has 0 unspecified atom stereocenters. The van der Waals surface area contributed by atoms with Gasteiger partial charge in [0.2, 0.25) is 0 Å². The van der Waals surface area contributed by atoms with Crippen LogP contribution in [-0.4, -0.2) is 28.5 Å². The van der Waals surface area contributed by atoms with Crippen LogP contribution >= 0.6 is 0 Å². The molecule has 3 nitrogen and oxygen atoms in total. The standard InChI is InChI=1S/C12H10F6O3/c13-11(14,15)10(21,12(16,17)18)8-3-1-2-7(6-8)4-5-9(19)20/h1-3,6,21H,4-5H2,(H,19,20). The van der Waals surface area contributed by atoms with Crippen LogP contribution in [0.2, 0.25) is 0 Å². The van der Waals surface area contributed by atoms with Crippen LogP contribution in [0.1, 0.15) is 17.5 Å². The molecule has 0 aliphatic heterocycles. The number of rotatable bonds is 4. The molecule has 0 aromatic heterocycles. The topological polar surface area (TPSA) is 57.5 Å². The summed E-state index contributed by atoms with van der Waals surface area (Å²) in [5.41, 5.74) is -6.45. The highest BCUT2D eigenvalue weighted by Crippen LogP contribution is 2.50. The molecule has 9 heteroatoms. The molecule has 0 heterocycles. The Hall–Kier alpha value is -1.77. The van der Waals surface area contributed by atoms with Crippen LogP contribution in [0.5, 0.6) is 0 Å². The molecule has 1 rings (SSSR count). The van der Waals surface area contributed by atoms with E-state index in [4.69, 9.17) is 5.11 Å². The molecule has 118 valence electrons. The van der Waals surface area contributed by atoms with Crippen molar-refractivity contribution in [2.75, 3.05) is 0 Å². The lowest BCUT2D eigenvalue weighted by Crippen LogP contribution is -2.53. The summed E-state index contributed by atoms with van der Waals surface area (Å²) in [5.74, 6) is -1.25. The lowest BCUT2D eigenvalue weighted by Gasteiger charge is -2.32. The second kappa shape index (κ2) is 5.55. The summed E-state index contributed by atoms with van der Waals surface area (Å²) in [7, 11) is 0. The third kappa shape index (κ3) is 3.46. The SMILES string of the molecule is O=C(O)CCc1cccc(C(O)(C(F)(F)F)C(F)(F)F)c1. The van der Waals surface area contributed by atoms with E-state index in [1.807, 2.05) is 0 Å². The second-order valence-electron chi connectivity index (χ2n) is 4.30. The summed E-state index contributed by atoms with van der Waals surface area (Å²) in [5, 5.41) is 17.6. The van der Waals surface area contributed by atoms with Crippen molar-refractivity contribution in [3.63, 3.8) is 0 Å². The van der Waals surface area contributed by atoms with E-state index in [0.717, 1.165) is 6.07 Å². The molecule has 0 spiro atoms. The summed E-state index contributed by atoms with van der Waals surface area (Å²) in [6, 6.07) is 3.07. The normalized spacial score (nSPS) is 13.3. The third-order valence-electron chi connectivity index (χ3n) is 2.79. The molecule has 0 saturated heterocycles. The van der Waals surface area contributed by atoms with Gasteiger partial charge in [0, 0.05) is 12.0 Å². The van der Waals surface area contributed by atoms with Crippen molar-refractivity contribution in [3.05, 3.63) is 35.4 Å². The van der Waals surface area contributed by atoms with Crippen LogP contribution in [0, 0.1) is 0 Å². The maximum absolute atomic E-state index is 12.7. The Balaban J connectivity index is 3.28. The zero-order chi connectivity index (χ0) is 16.5. The fourth-order valence-electron chi connectivity index (χ4n) is 1.69. The first-order valence-corrected chi connectivity index (χ1v) is 5.56. The molecule has 0 saturated carbocycles. The first-order chi connectivity index (χ1) is 9.39. The number of hydrogen-bond acceptors (Lipinski definition) is 2. The largest absolute Gasteiger partial charge is 0.481 e. The molecular weight excluding hydrogens is 306 g/mol. The van der Waals surface area contributed by atoms with E-state index in [1.54, 1.807) is 0 Å². The number of benzene rings is 1. The highest BCUT2D eigenvalue weighted by Gasteiger charge is 2.71. The molecule has 0 bridgehead atoms. The third-order valence-corrected chi connectivity index (χ3v) is 2.79. The monoisotopic (exact) mass is 316 g/mol. The van der Waals surface area contributed by atoms with Crippen LogP contribution in [-0.2, 0) is 16.8 Å². The summed E-state index contributed by atoms with van der Waals surface area (Å²) in [4.78, 5) is 10.4. The van der Waals surface area contributed by atoms with Gasteiger partial charge in [-0.1, -0.05) is 24.3 Å². The predicted molar refractivity (Wildman–Crippen MR) is 58.4 cm³/mol. The Kier molecular flexibility index (Phi) is 4.57. The average molecular weight is 316 g/mol. The van der Waals surface area contributed by atoms with E-state index in [9.17, 15) is 36.2 Å². The lowest BCUT2D eigenvalue weighted by atomic mass is 9.90. The maximum Gasteiger partial charge on any atom is 0.430 e. The highest BCUT2D eigenvalue weighted by molar-refractivity contribution is 5.67. The van der Waals surface area contributed by atoms with Gasteiger partial charge in [-0.15, -0.1) is 0 Å². The Morgan fingerprint density at radius 2 is 1.57 bits per heavy atom. The Morgan fingerprint density at radius 3 is 2.00 bits per heavy atom. The Labute approximate surface area is 114 Å². The number of hydrogen-bond donors (Lipinski definition) is 2. The Morgan fingerprint density at radius 1 is 1.05 bits per heavy atom. The molecule has 2 N–H and O–H groups in total. The van der Waals surface area contributed by atoms with E-state index < -0.39 is 35.9 Å². The molecule has 1 aromatic carbocycles.